The second-order valence-corrected chi connectivity index (χ2v) is 13.2. The third-order valence-electron chi connectivity index (χ3n) is 6.58. The van der Waals surface area contributed by atoms with E-state index in [0.717, 1.165) is 27.3 Å². The summed E-state index contributed by atoms with van der Waals surface area (Å²) in [6, 6.07) is 20.9. The van der Waals surface area contributed by atoms with Crippen LogP contribution in [0.4, 0.5) is 5.69 Å². The lowest BCUT2D eigenvalue weighted by Gasteiger charge is -2.35. The molecule has 3 aromatic carbocycles. The fourth-order valence-corrected chi connectivity index (χ4v) is 5.34. The van der Waals surface area contributed by atoms with Gasteiger partial charge in [0.15, 0.2) is 0 Å². The van der Waals surface area contributed by atoms with E-state index in [1.54, 1.807) is 12.1 Å². The Kier molecular flexibility index (Phi) is 10.6. The van der Waals surface area contributed by atoms with Crippen LogP contribution in [0.2, 0.25) is 0 Å². The molecule has 3 aromatic rings. The summed E-state index contributed by atoms with van der Waals surface area (Å²) in [6.45, 7) is 7.15. The third-order valence-corrected chi connectivity index (χ3v) is 7.70. The largest absolute Gasteiger partial charge is 0.497 e. The Morgan fingerprint density at radius 2 is 1.55 bits per heavy atom. The highest BCUT2D eigenvalue weighted by Crippen LogP contribution is 2.34. The highest BCUT2D eigenvalue weighted by atomic mass is 32.2. The maximum Gasteiger partial charge on any atom is 0.244 e. The zero-order chi connectivity index (χ0) is 31.1. The zero-order valence-corrected chi connectivity index (χ0v) is 26.2. The van der Waals surface area contributed by atoms with Gasteiger partial charge in [-0.25, -0.2) is 8.42 Å². The summed E-state index contributed by atoms with van der Waals surface area (Å²) in [5, 5.41) is 3.02. The van der Waals surface area contributed by atoms with Crippen LogP contribution in [0.25, 0.3) is 0 Å². The lowest BCUT2D eigenvalue weighted by molar-refractivity contribution is -0.140. The highest BCUT2D eigenvalue weighted by molar-refractivity contribution is 7.92. The van der Waals surface area contributed by atoms with Gasteiger partial charge in [0, 0.05) is 24.6 Å². The van der Waals surface area contributed by atoms with Gasteiger partial charge in [-0.2, -0.15) is 0 Å². The summed E-state index contributed by atoms with van der Waals surface area (Å²) in [4.78, 5) is 29.5. The molecule has 0 aromatic heterocycles. The van der Waals surface area contributed by atoms with E-state index in [9.17, 15) is 18.0 Å². The molecule has 9 nitrogen and oxygen atoms in total. The number of aryl methyl sites for hydroxylation is 1. The first-order valence-corrected chi connectivity index (χ1v) is 15.5. The van der Waals surface area contributed by atoms with Gasteiger partial charge in [-0.1, -0.05) is 60.2 Å². The normalized spacial score (nSPS) is 12.3. The van der Waals surface area contributed by atoms with Gasteiger partial charge < -0.3 is 19.7 Å². The van der Waals surface area contributed by atoms with Gasteiger partial charge in [-0.3, -0.25) is 13.9 Å². The number of nitrogens with one attached hydrogen (secondary N) is 1. The number of rotatable bonds is 12. The summed E-state index contributed by atoms with van der Waals surface area (Å²) >= 11 is 0. The van der Waals surface area contributed by atoms with Crippen LogP contribution >= 0.6 is 0 Å². The summed E-state index contributed by atoms with van der Waals surface area (Å²) in [6.07, 6.45) is 1.27. The number of ether oxygens (including phenoxy) is 2. The van der Waals surface area contributed by atoms with Crippen molar-refractivity contribution < 1.29 is 27.5 Å². The molecule has 42 heavy (non-hydrogen) atoms. The molecule has 0 aliphatic heterocycles. The molecule has 0 aliphatic rings. The fraction of sp³-hybridized carbons (Fsp3) is 0.375. The second kappa shape index (κ2) is 13.7. The van der Waals surface area contributed by atoms with Crippen LogP contribution in [0.5, 0.6) is 11.5 Å². The Bertz CT molecular complexity index is 1470. The minimum absolute atomic E-state index is 0.103. The van der Waals surface area contributed by atoms with Crippen LogP contribution in [0.1, 0.15) is 37.5 Å². The molecule has 0 spiro atoms. The van der Waals surface area contributed by atoms with E-state index >= 15 is 0 Å². The van der Waals surface area contributed by atoms with Crippen molar-refractivity contribution in [2.45, 2.75) is 52.2 Å². The average molecular weight is 596 g/mol. The zero-order valence-electron chi connectivity index (χ0n) is 25.4. The highest BCUT2D eigenvalue weighted by Gasteiger charge is 2.35. The number of methoxy groups -OCH3 is 2. The number of hydrogen-bond acceptors (Lipinski definition) is 6. The molecule has 0 radical (unpaired) electrons. The van der Waals surface area contributed by atoms with Gasteiger partial charge in [0.25, 0.3) is 0 Å². The topological polar surface area (TPSA) is 105 Å². The molecule has 0 saturated heterocycles. The van der Waals surface area contributed by atoms with Crippen LogP contribution in [0, 0.1) is 6.92 Å². The number of sulfonamides is 1. The molecule has 0 bridgehead atoms. The van der Waals surface area contributed by atoms with Crippen molar-refractivity contribution in [1.29, 1.82) is 0 Å². The van der Waals surface area contributed by atoms with Crippen molar-refractivity contribution in [3.05, 3.63) is 89.5 Å². The average Bonchev–Trinajstić information content (AvgIpc) is 2.93. The van der Waals surface area contributed by atoms with Crippen molar-refractivity contribution >= 4 is 27.5 Å². The molecule has 2 amide bonds. The fourth-order valence-electron chi connectivity index (χ4n) is 4.48. The van der Waals surface area contributed by atoms with Gasteiger partial charge in [-0.05, 0) is 51.0 Å². The molecule has 226 valence electrons. The number of carbonyl (C=O) groups excluding carboxylic acids is 2. The number of anilines is 1. The van der Waals surface area contributed by atoms with Gasteiger partial charge in [0.05, 0.1) is 26.2 Å². The van der Waals surface area contributed by atoms with Crippen molar-refractivity contribution in [3.8, 4) is 11.5 Å². The van der Waals surface area contributed by atoms with Gasteiger partial charge in [0.2, 0.25) is 21.8 Å². The summed E-state index contributed by atoms with van der Waals surface area (Å²) in [7, 11) is -1.04. The summed E-state index contributed by atoms with van der Waals surface area (Å²) < 4.78 is 37.9. The predicted octanol–water partition coefficient (Wildman–Crippen LogP) is 4.33. The molecule has 0 fully saturated rings. The van der Waals surface area contributed by atoms with Crippen LogP contribution < -0.4 is 19.1 Å². The van der Waals surface area contributed by atoms with Crippen LogP contribution in [-0.4, -0.2) is 63.7 Å². The molecule has 3 rings (SSSR count). The standard InChI is InChI=1S/C32H41N3O6S/c1-23-13-15-25(16-14-23)21-34(28(31(37)33-32(2,3)4)19-24-11-9-8-10-12-24)30(36)22-35(42(7,38)39)27-18-17-26(40-5)20-29(27)41-6/h8-18,20,28H,19,21-22H2,1-7H3,(H,33,37)/t28-/m1/s1. The second-order valence-electron chi connectivity index (χ2n) is 11.3. The van der Waals surface area contributed by atoms with Gasteiger partial charge >= 0.3 is 0 Å². The van der Waals surface area contributed by atoms with E-state index in [-0.39, 0.29) is 30.3 Å². The quantitative estimate of drug-likeness (QED) is 0.334. The van der Waals surface area contributed by atoms with Crippen LogP contribution in [-0.2, 0) is 32.6 Å². The number of nitrogens with zero attached hydrogens (tertiary/aromatic N) is 2. The maximum absolute atomic E-state index is 14.2. The number of carbonyl (C=O) groups is 2. The first-order chi connectivity index (χ1) is 19.7. The van der Waals surface area contributed by atoms with E-state index in [2.05, 4.69) is 5.32 Å². The minimum Gasteiger partial charge on any atom is -0.497 e. The first kappa shape index (κ1) is 32.5. The Morgan fingerprint density at radius 1 is 0.905 bits per heavy atom. The Labute approximate surface area is 249 Å². The third kappa shape index (κ3) is 8.97. The van der Waals surface area contributed by atoms with Crippen LogP contribution in [0.15, 0.2) is 72.8 Å². The molecular formula is C32H41N3O6S. The van der Waals surface area contributed by atoms with Gasteiger partial charge in [0.1, 0.15) is 24.1 Å². The molecule has 0 unspecified atom stereocenters. The summed E-state index contributed by atoms with van der Waals surface area (Å²) in [5.41, 5.74) is 2.36. The van der Waals surface area contributed by atoms with E-state index in [1.807, 2.05) is 82.3 Å². The lowest BCUT2D eigenvalue weighted by Crippen LogP contribution is -2.56. The molecule has 0 saturated carbocycles. The molecular weight excluding hydrogens is 554 g/mol. The SMILES string of the molecule is COc1ccc(N(CC(=O)N(Cc2ccc(C)cc2)[C@H](Cc2ccccc2)C(=O)NC(C)(C)C)S(C)(=O)=O)c(OC)c1. The summed E-state index contributed by atoms with van der Waals surface area (Å²) in [5.74, 6) is -0.175. The van der Waals surface area contributed by atoms with E-state index in [1.165, 1.54) is 25.2 Å². The van der Waals surface area contributed by atoms with Crippen molar-refractivity contribution in [2.24, 2.45) is 0 Å². The molecule has 0 aliphatic carbocycles. The smallest absolute Gasteiger partial charge is 0.244 e. The van der Waals surface area contributed by atoms with Crippen molar-refractivity contribution in [3.63, 3.8) is 0 Å². The van der Waals surface area contributed by atoms with E-state index in [0.29, 0.717) is 5.75 Å². The lowest BCUT2D eigenvalue weighted by atomic mass is 10.0. The molecule has 10 heteroatoms. The Balaban J connectivity index is 2.10. The molecule has 1 atom stereocenters. The van der Waals surface area contributed by atoms with E-state index < -0.39 is 34.1 Å². The monoisotopic (exact) mass is 595 g/mol. The van der Waals surface area contributed by atoms with Crippen molar-refractivity contribution in [2.75, 3.05) is 31.3 Å². The first-order valence-electron chi connectivity index (χ1n) is 13.6. The predicted molar refractivity (Wildman–Crippen MR) is 165 cm³/mol. The molecule has 0 heterocycles. The minimum atomic E-state index is -3.95. The number of hydrogen-bond donors (Lipinski definition) is 1. The number of benzene rings is 3. The van der Waals surface area contributed by atoms with Gasteiger partial charge in [-0.15, -0.1) is 0 Å². The Morgan fingerprint density at radius 3 is 2.10 bits per heavy atom. The number of amides is 2. The Hall–Kier alpha value is -4.05. The van der Waals surface area contributed by atoms with Crippen LogP contribution in [0.3, 0.4) is 0 Å². The molecule has 1 N–H and O–H groups in total. The van der Waals surface area contributed by atoms with Crippen molar-refractivity contribution in [1.82, 2.24) is 10.2 Å². The maximum atomic E-state index is 14.2. The van der Waals surface area contributed by atoms with E-state index in [4.69, 9.17) is 9.47 Å².